The highest BCUT2D eigenvalue weighted by molar-refractivity contribution is 5.08. The molecule has 0 aromatic heterocycles. The van der Waals surface area contributed by atoms with E-state index >= 15 is 0 Å². The Balaban J connectivity index is 2.89. The highest BCUT2D eigenvalue weighted by Crippen LogP contribution is 2.45. The van der Waals surface area contributed by atoms with Crippen LogP contribution in [0.5, 0.6) is 0 Å². The van der Waals surface area contributed by atoms with Crippen molar-refractivity contribution < 1.29 is 5.11 Å². The Kier molecular flexibility index (Phi) is 2.92. The van der Waals surface area contributed by atoms with Gasteiger partial charge in [0.15, 0.2) is 0 Å². The molecule has 14 heavy (non-hydrogen) atoms. The lowest BCUT2D eigenvalue weighted by Crippen LogP contribution is -2.49. The van der Waals surface area contributed by atoms with E-state index in [1.54, 1.807) is 0 Å². The van der Waals surface area contributed by atoms with E-state index in [0.29, 0.717) is 11.8 Å². The number of hydrogen-bond acceptors (Lipinski definition) is 2. The maximum atomic E-state index is 10.5. The smallest absolute Gasteiger partial charge is 0.0833 e. The molecule has 0 heterocycles. The summed E-state index contributed by atoms with van der Waals surface area (Å²) in [5, 5.41) is 19.6. The minimum absolute atomic E-state index is 0.524. The molecule has 2 nitrogen and oxygen atoms in total. The van der Waals surface area contributed by atoms with Gasteiger partial charge < -0.3 is 5.11 Å². The zero-order valence-corrected chi connectivity index (χ0v) is 9.67. The third-order valence-corrected chi connectivity index (χ3v) is 3.62. The van der Waals surface area contributed by atoms with Gasteiger partial charge >= 0.3 is 0 Å². The maximum absolute atomic E-state index is 10.5. The molecule has 0 bridgehead atoms. The van der Waals surface area contributed by atoms with Gasteiger partial charge in [0.25, 0.3) is 0 Å². The molecule has 0 spiro atoms. The molecule has 80 valence electrons. The summed E-state index contributed by atoms with van der Waals surface area (Å²) in [4.78, 5) is 0. The second kappa shape index (κ2) is 3.55. The second-order valence-corrected chi connectivity index (χ2v) is 5.62. The zero-order valence-electron chi connectivity index (χ0n) is 9.67. The molecule has 1 saturated carbocycles. The monoisotopic (exact) mass is 195 g/mol. The fourth-order valence-corrected chi connectivity index (χ4v) is 2.70. The van der Waals surface area contributed by atoms with Crippen molar-refractivity contribution in [2.45, 2.75) is 52.6 Å². The topological polar surface area (TPSA) is 44.0 Å². The normalized spacial score (nSPS) is 39.1. The Morgan fingerprint density at radius 1 is 1.29 bits per heavy atom. The number of nitrogens with zero attached hydrogens (tertiary/aromatic N) is 1. The lowest BCUT2D eigenvalue weighted by Gasteiger charge is -2.45. The first-order valence-corrected chi connectivity index (χ1v) is 5.44. The van der Waals surface area contributed by atoms with Crippen molar-refractivity contribution in [1.82, 2.24) is 0 Å². The van der Waals surface area contributed by atoms with Gasteiger partial charge in [-0.3, -0.25) is 0 Å². The largest absolute Gasteiger partial charge is 0.388 e. The first-order chi connectivity index (χ1) is 6.31. The van der Waals surface area contributed by atoms with Gasteiger partial charge in [0, 0.05) is 0 Å². The van der Waals surface area contributed by atoms with Crippen molar-refractivity contribution in [3.05, 3.63) is 0 Å². The number of hydrogen-bond donors (Lipinski definition) is 1. The highest BCUT2D eigenvalue weighted by atomic mass is 16.3. The quantitative estimate of drug-likeness (QED) is 0.699. The minimum atomic E-state index is -0.793. The van der Waals surface area contributed by atoms with E-state index in [-0.39, 0.29) is 0 Å². The van der Waals surface area contributed by atoms with E-state index in [1.165, 1.54) is 6.42 Å². The predicted molar refractivity (Wildman–Crippen MR) is 56.5 cm³/mol. The molecule has 0 radical (unpaired) electrons. The van der Waals surface area contributed by atoms with Gasteiger partial charge in [0.1, 0.15) is 0 Å². The molecule has 0 saturated heterocycles. The highest BCUT2D eigenvalue weighted by Gasteiger charge is 2.47. The molecule has 0 aromatic rings. The fraction of sp³-hybridized carbons (Fsp3) is 0.917. The van der Waals surface area contributed by atoms with Crippen LogP contribution in [0.15, 0.2) is 0 Å². The zero-order chi connectivity index (χ0) is 11.0. The van der Waals surface area contributed by atoms with Crippen molar-refractivity contribution in [1.29, 1.82) is 5.26 Å². The lowest BCUT2D eigenvalue weighted by molar-refractivity contribution is -0.0938. The summed E-state index contributed by atoms with van der Waals surface area (Å²) in [5.74, 6) is 1.05. The molecule has 2 unspecified atom stereocenters. The lowest BCUT2D eigenvalue weighted by atomic mass is 9.63. The van der Waals surface area contributed by atoms with Crippen LogP contribution < -0.4 is 0 Å². The van der Waals surface area contributed by atoms with Crippen molar-refractivity contribution in [2.75, 3.05) is 0 Å². The standard InChI is InChI=1S/C12H21NO/c1-9-5-10(2)7-12(14,6-9)11(3,4)8-13/h9-10,14H,5-7H2,1-4H3. The van der Waals surface area contributed by atoms with Gasteiger partial charge in [-0.2, -0.15) is 5.26 Å². The van der Waals surface area contributed by atoms with Crippen LogP contribution in [0.2, 0.25) is 0 Å². The first kappa shape index (κ1) is 11.5. The molecule has 1 fully saturated rings. The third kappa shape index (κ3) is 1.93. The van der Waals surface area contributed by atoms with Gasteiger partial charge in [-0.25, -0.2) is 0 Å². The number of rotatable bonds is 1. The van der Waals surface area contributed by atoms with Gasteiger partial charge in [-0.1, -0.05) is 13.8 Å². The summed E-state index contributed by atoms with van der Waals surface area (Å²) in [6, 6.07) is 2.24. The predicted octanol–water partition coefficient (Wildman–Crippen LogP) is 2.72. The summed E-state index contributed by atoms with van der Waals surface area (Å²) < 4.78 is 0. The van der Waals surface area contributed by atoms with Crippen molar-refractivity contribution in [3.63, 3.8) is 0 Å². The van der Waals surface area contributed by atoms with Crippen LogP contribution >= 0.6 is 0 Å². The fourth-order valence-electron chi connectivity index (χ4n) is 2.70. The van der Waals surface area contributed by atoms with Crippen LogP contribution in [-0.4, -0.2) is 10.7 Å². The SMILES string of the molecule is CC1CC(C)CC(O)(C(C)(C)C#N)C1. The molecule has 1 aliphatic rings. The summed E-state index contributed by atoms with van der Waals surface area (Å²) in [6.45, 7) is 8.01. The Morgan fingerprint density at radius 3 is 2.07 bits per heavy atom. The van der Waals surface area contributed by atoms with Crippen molar-refractivity contribution in [3.8, 4) is 6.07 Å². The van der Waals surface area contributed by atoms with Crippen LogP contribution in [0.4, 0.5) is 0 Å². The van der Waals surface area contributed by atoms with Crippen molar-refractivity contribution in [2.24, 2.45) is 17.3 Å². The van der Waals surface area contributed by atoms with E-state index < -0.39 is 11.0 Å². The Morgan fingerprint density at radius 2 is 1.71 bits per heavy atom. The Bertz CT molecular complexity index is 242. The molecular formula is C12H21NO. The molecule has 1 rings (SSSR count). The molecule has 0 aliphatic heterocycles. The van der Waals surface area contributed by atoms with E-state index in [2.05, 4.69) is 19.9 Å². The Hall–Kier alpha value is -0.550. The summed E-state index contributed by atoms with van der Waals surface area (Å²) in [7, 11) is 0. The molecule has 1 N–H and O–H groups in total. The first-order valence-electron chi connectivity index (χ1n) is 5.44. The molecular weight excluding hydrogens is 174 g/mol. The maximum Gasteiger partial charge on any atom is 0.0833 e. The van der Waals surface area contributed by atoms with Gasteiger partial charge in [-0.05, 0) is 44.9 Å². The second-order valence-electron chi connectivity index (χ2n) is 5.62. The van der Waals surface area contributed by atoms with Crippen LogP contribution in [-0.2, 0) is 0 Å². The average molecular weight is 195 g/mol. The van der Waals surface area contributed by atoms with Gasteiger partial charge in [0.2, 0.25) is 0 Å². The molecule has 2 heteroatoms. The molecule has 2 atom stereocenters. The van der Waals surface area contributed by atoms with E-state index in [1.807, 2.05) is 13.8 Å². The van der Waals surface area contributed by atoms with E-state index in [9.17, 15) is 5.11 Å². The third-order valence-electron chi connectivity index (χ3n) is 3.62. The Labute approximate surface area is 86.9 Å². The summed E-state index contributed by atoms with van der Waals surface area (Å²) >= 11 is 0. The molecule has 1 aliphatic carbocycles. The van der Waals surface area contributed by atoms with Gasteiger partial charge in [-0.15, -0.1) is 0 Å². The number of nitriles is 1. The van der Waals surface area contributed by atoms with Crippen LogP contribution in [0.3, 0.4) is 0 Å². The molecule has 0 amide bonds. The van der Waals surface area contributed by atoms with E-state index in [0.717, 1.165) is 12.8 Å². The molecule has 0 aromatic carbocycles. The minimum Gasteiger partial charge on any atom is -0.388 e. The van der Waals surface area contributed by atoms with Crippen LogP contribution in [0.25, 0.3) is 0 Å². The van der Waals surface area contributed by atoms with Crippen LogP contribution in [0, 0.1) is 28.6 Å². The average Bonchev–Trinajstić information content (AvgIpc) is 2.01. The summed E-state index contributed by atoms with van der Waals surface area (Å²) in [5.41, 5.74) is -1.42. The van der Waals surface area contributed by atoms with Crippen molar-refractivity contribution >= 4 is 0 Å². The van der Waals surface area contributed by atoms with Crippen LogP contribution in [0.1, 0.15) is 47.0 Å². The summed E-state index contributed by atoms with van der Waals surface area (Å²) in [6.07, 6.45) is 2.69. The number of aliphatic hydroxyl groups is 1. The van der Waals surface area contributed by atoms with Gasteiger partial charge in [0.05, 0.1) is 17.1 Å². The van der Waals surface area contributed by atoms with E-state index in [4.69, 9.17) is 5.26 Å².